The van der Waals surface area contributed by atoms with Gasteiger partial charge in [0.15, 0.2) is 0 Å². The average molecular weight is 281 g/mol. The second-order valence-electron chi connectivity index (χ2n) is 6.33. The van der Waals surface area contributed by atoms with Crippen molar-refractivity contribution >= 4 is 11.8 Å². The van der Waals surface area contributed by atoms with E-state index in [1.165, 1.54) is 4.90 Å². The third-order valence-corrected chi connectivity index (χ3v) is 4.30. The number of nitrogens with zero attached hydrogens (tertiary/aromatic N) is 2. The first kappa shape index (κ1) is 15.4. The molecule has 1 aliphatic carbocycles. The molecular formula is C15H27N3O2. The molecule has 114 valence electrons. The van der Waals surface area contributed by atoms with Gasteiger partial charge in [0.2, 0.25) is 11.8 Å². The Balaban J connectivity index is 1.63. The molecule has 0 radical (unpaired) electrons. The van der Waals surface area contributed by atoms with Gasteiger partial charge in [-0.15, -0.1) is 0 Å². The monoisotopic (exact) mass is 281 g/mol. The highest BCUT2D eigenvalue weighted by atomic mass is 16.2. The lowest BCUT2D eigenvalue weighted by Crippen LogP contribution is -2.40. The van der Waals surface area contributed by atoms with Crippen molar-refractivity contribution in [3.8, 4) is 0 Å². The number of carbonyl (C=O) groups excluding carboxylic acids is 2. The second-order valence-corrected chi connectivity index (χ2v) is 6.33. The first-order valence-electron chi connectivity index (χ1n) is 7.80. The van der Waals surface area contributed by atoms with E-state index < -0.39 is 0 Å². The Hall–Kier alpha value is -0.940. The Morgan fingerprint density at radius 3 is 2.60 bits per heavy atom. The predicted octanol–water partition coefficient (Wildman–Crippen LogP) is 0.986. The Bertz CT molecular complexity index is 366. The summed E-state index contributed by atoms with van der Waals surface area (Å²) < 4.78 is 0. The summed E-state index contributed by atoms with van der Waals surface area (Å²) in [7, 11) is 2.13. The van der Waals surface area contributed by atoms with Crippen molar-refractivity contribution < 1.29 is 9.59 Å². The fourth-order valence-electron chi connectivity index (χ4n) is 2.55. The molecule has 1 aliphatic heterocycles. The minimum absolute atomic E-state index is 0.00296. The molecule has 1 saturated carbocycles. The summed E-state index contributed by atoms with van der Waals surface area (Å²) in [5, 5.41) is 3.25. The number of nitrogens with one attached hydrogen (secondary N) is 1. The Kier molecular flexibility index (Phi) is 5.16. The third-order valence-electron chi connectivity index (χ3n) is 4.30. The summed E-state index contributed by atoms with van der Waals surface area (Å²) in [6.45, 7) is 6.26. The van der Waals surface area contributed by atoms with Gasteiger partial charge in [0.05, 0.1) is 12.5 Å². The fourth-order valence-corrected chi connectivity index (χ4v) is 2.55. The molecule has 5 heteroatoms. The molecule has 0 aromatic rings. The van der Waals surface area contributed by atoms with Crippen molar-refractivity contribution in [1.82, 2.24) is 15.1 Å². The fraction of sp³-hybridized carbons (Fsp3) is 0.867. The van der Waals surface area contributed by atoms with Gasteiger partial charge >= 0.3 is 0 Å². The molecular weight excluding hydrogens is 254 g/mol. The van der Waals surface area contributed by atoms with Gasteiger partial charge in [-0.1, -0.05) is 0 Å². The maximum atomic E-state index is 12.1. The van der Waals surface area contributed by atoms with Crippen LogP contribution in [-0.4, -0.2) is 59.9 Å². The topological polar surface area (TPSA) is 52.7 Å². The van der Waals surface area contributed by atoms with Crippen molar-refractivity contribution in [2.45, 2.75) is 64.1 Å². The number of hydrogen-bond donors (Lipinski definition) is 1. The molecule has 1 unspecified atom stereocenters. The molecule has 0 spiro atoms. The van der Waals surface area contributed by atoms with Crippen LogP contribution in [0.25, 0.3) is 0 Å². The third kappa shape index (κ3) is 3.79. The van der Waals surface area contributed by atoms with E-state index in [1.807, 2.05) is 0 Å². The maximum absolute atomic E-state index is 12.1. The van der Waals surface area contributed by atoms with Crippen molar-refractivity contribution in [2.24, 2.45) is 0 Å². The summed E-state index contributed by atoms with van der Waals surface area (Å²) in [4.78, 5) is 27.7. The van der Waals surface area contributed by atoms with E-state index in [0.29, 0.717) is 12.5 Å². The highest BCUT2D eigenvalue weighted by Crippen LogP contribution is 2.31. The SMILES string of the molecule is CC(C)N(C)CCCCNC1CC(=O)N(C2CC2)C1=O. The maximum Gasteiger partial charge on any atom is 0.247 e. The van der Waals surface area contributed by atoms with Gasteiger partial charge in [-0.3, -0.25) is 14.5 Å². The zero-order chi connectivity index (χ0) is 14.7. The van der Waals surface area contributed by atoms with Crippen LogP contribution in [0.2, 0.25) is 0 Å². The summed E-state index contributed by atoms with van der Waals surface area (Å²) in [6, 6.07) is 0.511. The van der Waals surface area contributed by atoms with Gasteiger partial charge in [0.1, 0.15) is 0 Å². The normalized spacial score (nSPS) is 23.4. The Morgan fingerprint density at radius 1 is 1.30 bits per heavy atom. The Labute approximate surface area is 121 Å². The van der Waals surface area contributed by atoms with Crippen molar-refractivity contribution in [1.29, 1.82) is 0 Å². The van der Waals surface area contributed by atoms with Crippen LogP contribution in [0, 0.1) is 0 Å². The van der Waals surface area contributed by atoms with Crippen LogP contribution in [0.5, 0.6) is 0 Å². The van der Waals surface area contributed by atoms with Gasteiger partial charge in [-0.05, 0) is 59.7 Å². The molecule has 2 aliphatic rings. The smallest absolute Gasteiger partial charge is 0.247 e. The molecule has 2 rings (SSSR count). The highest BCUT2D eigenvalue weighted by molar-refractivity contribution is 6.06. The first-order valence-corrected chi connectivity index (χ1v) is 7.80. The quantitative estimate of drug-likeness (QED) is 0.532. The number of imide groups is 1. The van der Waals surface area contributed by atoms with Crippen LogP contribution >= 0.6 is 0 Å². The minimum atomic E-state index is -0.272. The van der Waals surface area contributed by atoms with Crippen LogP contribution in [-0.2, 0) is 9.59 Å². The van der Waals surface area contributed by atoms with Gasteiger partial charge in [-0.25, -0.2) is 0 Å². The Morgan fingerprint density at radius 2 is 2.00 bits per heavy atom. The molecule has 1 saturated heterocycles. The van der Waals surface area contributed by atoms with Gasteiger partial charge < -0.3 is 10.2 Å². The number of hydrogen-bond acceptors (Lipinski definition) is 4. The zero-order valence-corrected chi connectivity index (χ0v) is 12.9. The van der Waals surface area contributed by atoms with Crippen LogP contribution in [0.4, 0.5) is 0 Å². The molecule has 0 aromatic carbocycles. The lowest BCUT2D eigenvalue weighted by atomic mass is 10.2. The van der Waals surface area contributed by atoms with E-state index in [2.05, 4.69) is 31.1 Å². The molecule has 1 heterocycles. The largest absolute Gasteiger partial charge is 0.305 e. The van der Waals surface area contributed by atoms with Gasteiger partial charge in [0.25, 0.3) is 0 Å². The van der Waals surface area contributed by atoms with Crippen molar-refractivity contribution in [3.63, 3.8) is 0 Å². The van der Waals surface area contributed by atoms with Crippen LogP contribution in [0.3, 0.4) is 0 Å². The molecule has 0 bridgehead atoms. The van der Waals surface area contributed by atoms with Crippen LogP contribution < -0.4 is 5.32 Å². The number of rotatable bonds is 8. The second kappa shape index (κ2) is 6.68. The molecule has 5 nitrogen and oxygen atoms in total. The molecule has 2 amide bonds. The summed E-state index contributed by atoms with van der Waals surface area (Å²) in [5.74, 6) is 0.00587. The number of unbranched alkanes of at least 4 members (excludes halogenated alkanes) is 1. The van der Waals surface area contributed by atoms with Crippen molar-refractivity contribution in [3.05, 3.63) is 0 Å². The predicted molar refractivity (Wildman–Crippen MR) is 78.3 cm³/mol. The van der Waals surface area contributed by atoms with E-state index in [-0.39, 0.29) is 23.9 Å². The molecule has 1 atom stereocenters. The summed E-state index contributed by atoms with van der Waals surface area (Å²) in [6.07, 6.45) is 4.49. The molecule has 1 N–H and O–H groups in total. The van der Waals surface area contributed by atoms with E-state index in [4.69, 9.17) is 0 Å². The molecule has 0 aromatic heterocycles. The number of carbonyl (C=O) groups is 2. The lowest BCUT2D eigenvalue weighted by molar-refractivity contribution is -0.139. The minimum Gasteiger partial charge on any atom is -0.305 e. The van der Waals surface area contributed by atoms with Crippen LogP contribution in [0.15, 0.2) is 0 Å². The standard InChI is InChI=1S/C15H27N3O2/c1-11(2)17(3)9-5-4-8-16-13-10-14(19)18(15(13)20)12-6-7-12/h11-13,16H,4-10H2,1-3H3. The number of amides is 2. The van der Waals surface area contributed by atoms with Gasteiger partial charge in [0, 0.05) is 12.1 Å². The van der Waals surface area contributed by atoms with Gasteiger partial charge in [-0.2, -0.15) is 0 Å². The summed E-state index contributed by atoms with van der Waals surface area (Å²) >= 11 is 0. The van der Waals surface area contributed by atoms with E-state index >= 15 is 0 Å². The van der Waals surface area contributed by atoms with E-state index in [9.17, 15) is 9.59 Å². The number of likely N-dealkylation sites (tertiary alicyclic amines) is 1. The lowest BCUT2D eigenvalue weighted by Gasteiger charge is -2.20. The van der Waals surface area contributed by atoms with E-state index in [1.54, 1.807) is 0 Å². The van der Waals surface area contributed by atoms with E-state index in [0.717, 1.165) is 38.8 Å². The van der Waals surface area contributed by atoms with Crippen molar-refractivity contribution in [2.75, 3.05) is 20.1 Å². The summed E-state index contributed by atoms with van der Waals surface area (Å²) in [5.41, 5.74) is 0. The average Bonchev–Trinajstić information content (AvgIpc) is 3.17. The molecule has 2 fully saturated rings. The highest BCUT2D eigenvalue weighted by Gasteiger charge is 2.45. The zero-order valence-electron chi connectivity index (χ0n) is 12.9. The first-order chi connectivity index (χ1) is 9.50. The molecule has 20 heavy (non-hydrogen) atoms. The van der Waals surface area contributed by atoms with Crippen LogP contribution in [0.1, 0.15) is 46.0 Å².